The summed E-state index contributed by atoms with van der Waals surface area (Å²) in [6, 6.07) is 4.86. The van der Waals surface area contributed by atoms with E-state index in [0.717, 1.165) is 18.4 Å². The first-order chi connectivity index (χ1) is 11.6. The number of nitrogens with one attached hydrogen (secondary N) is 2. The molecule has 11 heteroatoms. The predicted molar refractivity (Wildman–Crippen MR) is 106 cm³/mol. The Morgan fingerprint density at radius 1 is 1.15 bits per heavy atom. The molecule has 0 bridgehead atoms. The van der Waals surface area contributed by atoms with Gasteiger partial charge in [-0.15, -0.1) is 24.0 Å². The number of rotatable bonds is 8. The van der Waals surface area contributed by atoms with Crippen molar-refractivity contribution < 1.29 is 26.3 Å². The van der Waals surface area contributed by atoms with Crippen LogP contribution in [0.1, 0.15) is 11.1 Å². The summed E-state index contributed by atoms with van der Waals surface area (Å²) in [6.07, 6.45) is -3.21. The summed E-state index contributed by atoms with van der Waals surface area (Å²) < 4.78 is 64.5. The van der Waals surface area contributed by atoms with Crippen molar-refractivity contribution >= 4 is 39.8 Å². The highest BCUT2D eigenvalue weighted by Crippen LogP contribution is 2.28. The van der Waals surface area contributed by atoms with Gasteiger partial charge < -0.3 is 15.4 Å². The van der Waals surface area contributed by atoms with Gasteiger partial charge in [-0.05, 0) is 17.7 Å². The number of benzene rings is 1. The van der Waals surface area contributed by atoms with Crippen LogP contribution in [0.25, 0.3) is 0 Å². The minimum atomic E-state index is -4.35. The normalized spacial score (nSPS) is 12.4. The molecule has 1 aromatic carbocycles. The zero-order valence-electron chi connectivity index (χ0n) is 14.5. The molecule has 0 amide bonds. The van der Waals surface area contributed by atoms with E-state index >= 15 is 0 Å². The number of hydrogen-bond acceptors (Lipinski definition) is 4. The average Bonchev–Trinajstić information content (AvgIpc) is 2.52. The monoisotopic (exact) mass is 509 g/mol. The summed E-state index contributed by atoms with van der Waals surface area (Å²) in [5, 5.41) is 5.92. The van der Waals surface area contributed by atoms with Gasteiger partial charge in [0.1, 0.15) is 9.84 Å². The van der Waals surface area contributed by atoms with Gasteiger partial charge in [0.15, 0.2) is 5.96 Å². The lowest BCUT2D eigenvalue weighted by molar-refractivity contribution is -0.137. The van der Waals surface area contributed by atoms with Crippen LogP contribution >= 0.6 is 24.0 Å². The van der Waals surface area contributed by atoms with Crippen molar-refractivity contribution in [1.82, 2.24) is 10.6 Å². The molecule has 0 spiro atoms. The summed E-state index contributed by atoms with van der Waals surface area (Å²) in [5.74, 6) is 0.431. The van der Waals surface area contributed by atoms with E-state index in [1.807, 2.05) is 0 Å². The second-order valence-electron chi connectivity index (χ2n) is 5.29. The Bertz CT molecular complexity index is 665. The van der Waals surface area contributed by atoms with E-state index in [0.29, 0.717) is 31.2 Å². The lowest BCUT2D eigenvalue weighted by Gasteiger charge is -2.13. The van der Waals surface area contributed by atoms with Crippen molar-refractivity contribution in [3.05, 3.63) is 35.4 Å². The Morgan fingerprint density at radius 3 is 2.27 bits per heavy atom. The Morgan fingerprint density at radius 2 is 1.77 bits per heavy atom. The lowest BCUT2D eigenvalue weighted by atomic mass is 10.1. The highest BCUT2D eigenvalue weighted by molar-refractivity contribution is 14.0. The second kappa shape index (κ2) is 11.6. The first-order valence-electron chi connectivity index (χ1n) is 7.48. The molecule has 0 saturated heterocycles. The van der Waals surface area contributed by atoms with Crippen LogP contribution in [0.2, 0.25) is 0 Å². The summed E-state index contributed by atoms with van der Waals surface area (Å²) in [4.78, 5) is 3.98. The van der Waals surface area contributed by atoms with Crippen LogP contribution in [0.4, 0.5) is 13.2 Å². The number of aliphatic imine (C=N–C) groups is 1. The largest absolute Gasteiger partial charge is 0.416 e. The van der Waals surface area contributed by atoms with E-state index in [4.69, 9.17) is 4.74 Å². The number of halogens is 4. The summed E-state index contributed by atoms with van der Waals surface area (Å²) in [7, 11) is -1.47. The number of guanidine groups is 1. The van der Waals surface area contributed by atoms with Crippen LogP contribution in [0, 0.1) is 0 Å². The van der Waals surface area contributed by atoms with Crippen LogP contribution < -0.4 is 10.6 Å². The standard InChI is InChI=1S/C15H22F3N3O3S.HI/c1-19-14(20-7-8-24-9-10-25(2,22)23)21-11-12-3-5-13(6-4-12)15(16,17)18;/h3-6H,7-11H2,1-2H3,(H2,19,20,21);1H. The predicted octanol–water partition coefficient (Wildman–Crippen LogP) is 2.05. The minimum Gasteiger partial charge on any atom is -0.379 e. The number of sulfone groups is 1. The van der Waals surface area contributed by atoms with Gasteiger partial charge in [0.2, 0.25) is 0 Å². The third kappa shape index (κ3) is 10.8. The maximum atomic E-state index is 12.5. The highest BCUT2D eigenvalue weighted by Gasteiger charge is 2.29. The Labute approximate surface area is 168 Å². The maximum Gasteiger partial charge on any atom is 0.416 e. The van der Waals surface area contributed by atoms with Crippen LogP contribution in [0.5, 0.6) is 0 Å². The van der Waals surface area contributed by atoms with Crippen molar-refractivity contribution in [2.24, 2.45) is 4.99 Å². The van der Waals surface area contributed by atoms with Gasteiger partial charge in [0.25, 0.3) is 0 Å². The van der Waals surface area contributed by atoms with Crippen molar-refractivity contribution in [1.29, 1.82) is 0 Å². The van der Waals surface area contributed by atoms with Gasteiger partial charge in [0.05, 0.1) is 24.5 Å². The molecular formula is C15H23F3IN3O3S. The molecule has 150 valence electrons. The fraction of sp³-hybridized carbons (Fsp3) is 0.533. The van der Waals surface area contributed by atoms with E-state index in [-0.39, 0.29) is 36.3 Å². The van der Waals surface area contributed by atoms with Crippen molar-refractivity contribution in [3.63, 3.8) is 0 Å². The Hall–Kier alpha value is -1.08. The van der Waals surface area contributed by atoms with E-state index in [9.17, 15) is 21.6 Å². The Kier molecular flexibility index (Phi) is 11.1. The molecule has 1 rings (SSSR count). The number of nitrogens with zero attached hydrogens (tertiary/aromatic N) is 1. The average molecular weight is 509 g/mol. The molecule has 0 aromatic heterocycles. The van der Waals surface area contributed by atoms with Gasteiger partial charge in [-0.25, -0.2) is 8.42 Å². The molecule has 6 nitrogen and oxygen atoms in total. The summed E-state index contributed by atoms with van der Waals surface area (Å²) in [6.45, 7) is 1.15. The molecule has 2 N–H and O–H groups in total. The minimum absolute atomic E-state index is 0. The van der Waals surface area contributed by atoms with Crippen molar-refractivity contribution in [3.8, 4) is 0 Å². The number of hydrogen-bond donors (Lipinski definition) is 2. The molecule has 0 fully saturated rings. The molecule has 0 aliphatic rings. The van der Waals surface area contributed by atoms with Crippen LogP contribution in [-0.4, -0.2) is 53.2 Å². The topological polar surface area (TPSA) is 79.8 Å². The number of alkyl halides is 3. The SMILES string of the molecule is CN=C(NCCOCCS(C)(=O)=O)NCc1ccc(C(F)(F)F)cc1.I. The molecule has 0 aliphatic heterocycles. The second-order valence-corrected chi connectivity index (χ2v) is 7.55. The van der Waals surface area contributed by atoms with Gasteiger partial charge in [0, 0.05) is 26.4 Å². The molecule has 0 aliphatic carbocycles. The Balaban J connectivity index is 0.00000625. The lowest BCUT2D eigenvalue weighted by Crippen LogP contribution is -2.38. The summed E-state index contributed by atoms with van der Waals surface area (Å²) in [5.41, 5.74) is -0.00893. The first kappa shape index (κ1) is 24.9. The van der Waals surface area contributed by atoms with Crippen LogP contribution in [0.15, 0.2) is 29.3 Å². The number of ether oxygens (including phenoxy) is 1. The van der Waals surface area contributed by atoms with Crippen LogP contribution in [-0.2, 0) is 27.3 Å². The molecular weight excluding hydrogens is 486 g/mol. The van der Waals surface area contributed by atoms with Gasteiger partial charge in [-0.1, -0.05) is 12.1 Å². The molecule has 0 atom stereocenters. The smallest absolute Gasteiger partial charge is 0.379 e. The van der Waals surface area contributed by atoms with Crippen molar-refractivity contribution in [2.75, 3.05) is 38.8 Å². The van der Waals surface area contributed by atoms with Gasteiger partial charge >= 0.3 is 6.18 Å². The van der Waals surface area contributed by atoms with Gasteiger partial charge in [-0.2, -0.15) is 13.2 Å². The van der Waals surface area contributed by atoms with Crippen molar-refractivity contribution in [2.45, 2.75) is 12.7 Å². The van der Waals surface area contributed by atoms with E-state index in [2.05, 4.69) is 15.6 Å². The molecule has 0 heterocycles. The third-order valence-corrected chi connectivity index (χ3v) is 4.01. The maximum absolute atomic E-state index is 12.5. The molecule has 0 radical (unpaired) electrons. The zero-order valence-corrected chi connectivity index (χ0v) is 17.6. The van der Waals surface area contributed by atoms with Gasteiger partial charge in [-0.3, -0.25) is 4.99 Å². The molecule has 0 saturated carbocycles. The third-order valence-electron chi connectivity index (χ3n) is 3.10. The fourth-order valence-electron chi connectivity index (χ4n) is 1.77. The van der Waals surface area contributed by atoms with Crippen LogP contribution in [0.3, 0.4) is 0 Å². The highest BCUT2D eigenvalue weighted by atomic mass is 127. The molecule has 1 aromatic rings. The van der Waals surface area contributed by atoms with E-state index < -0.39 is 21.6 Å². The zero-order chi connectivity index (χ0) is 18.9. The van der Waals surface area contributed by atoms with E-state index in [1.165, 1.54) is 12.1 Å². The quantitative estimate of drug-likeness (QED) is 0.243. The molecule has 26 heavy (non-hydrogen) atoms. The first-order valence-corrected chi connectivity index (χ1v) is 9.54. The fourth-order valence-corrected chi connectivity index (χ4v) is 2.19. The van der Waals surface area contributed by atoms with E-state index in [1.54, 1.807) is 7.05 Å². The molecule has 0 unspecified atom stereocenters. The summed E-state index contributed by atoms with van der Waals surface area (Å²) >= 11 is 0.